The lowest BCUT2D eigenvalue weighted by Crippen LogP contribution is -2.20. The third-order valence-corrected chi connectivity index (χ3v) is 3.20. The van der Waals surface area contributed by atoms with Gasteiger partial charge in [-0.3, -0.25) is 20.2 Å². The van der Waals surface area contributed by atoms with E-state index in [1.54, 1.807) is 6.07 Å². The van der Waals surface area contributed by atoms with Crippen LogP contribution in [0.3, 0.4) is 0 Å². The van der Waals surface area contributed by atoms with Crippen LogP contribution in [0.1, 0.15) is 38.1 Å². The van der Waals surface area contributed by atoms with E-state index < -0.39 is 0 Å². The quantitative estimate of drug-likeness (QED) is 0.623. The molecule has 1 atom stereocenters. The fraction of sp³-hybridized carbons (Fsp3) is 0.385. The summed E-state index contributed by atoms with van der Waals surface area (Å²) in [5, 5.41) is 5.49. The summed E-state index contributed by atoms with van der Waals surface area (Å²) in [5.74, 6) is -0.637. The molecule has 0 aliphatic carbocycles. The lowest BCUT2D eigenvalue weighted by molar-refractivity contribution is 0.0879. The van der Waals surface area contributed by atoms with E-state index in [9.17, 15) is 9.59 Å². The number of rotatable bonds is 1. The molecule has 4 N–H and O–H groups in total. The van der Waals surface area contributed by atoms with Crippen molar-refractivity contribution in [2.45, 2.75) is 13.2 Å². The summed E-state index contributed by atoms with van der Waals surface area (Å²) in [6, 6.07) is 3.52. The maximum Gasteiger partial charge on any atom is 0.259 e. The zero-order chi connectivity index (χ0) is 14.0. The molecule has 2 aliphatic heterocycles. The Balaban J connectivity index is 0.000000637. The van der Waals surface area contributed by atoms with Gasteiger partial charge in [0.25, 0.3) is 11.8 Å². The highest BCUT2D eigenvalue weighted by molar-refractivity contribution is 6.22. The van der Waals surface area contributed by atoms with Gasteiger partial charge in [0, 0.05) is 6.54 Å². The second-order valence-corrected chi connectivity index (χ2v) is 4.19. The Morgan fingerprint density at radius 3 is 2.63 bits per heavy atom. The standard InChI is InChI=1S/C12H12N2O3.CH5N/c1-6-7(12-13-4-5-17-12)2-3-8-9(6)11(16)14-10(8)15;1-2/h2-3,12-13H,4-5H2,1H3,(H,14,15,16);2H2,1H3. The van der Waals surface area contributed by atoms with E-state index in [4.69, 9.17) is 4.74 Å². The summed E-state index contributed by atoms with van der Waals surface area (Å²) in [5.41, 5.74) is 7.16. The highest BCUT2D eigenvalue weighted by atomic mass is 16.5. The molecule has 6 nitrogen and oxygen atoms in total. The largest absolute Gasteiger partial charge is 0.358 e. The van der Waals surface area contributed by atoms with Crippen molar-refractivity contribution in [2.75, 3.05) is 20.2 Å². The number of carbonyl (C=O) groups excluding carboxylic acids is 2. The number of ether oxygens (including phenoxy) is 1. The van der Waals surface area contributed by atoms with Crippen LogP contribution in [0.4, 0.5) is 0 Å². The van der Waals surface area contributed by atoms with Crippen molar-refractivity contribution in [3.63, 3.8) is 0 Å². The molecule has 1 aromatic carbocycles. The molecule has 1 aromatic rings. The van der Waals surface area contributed by atoms with E-state index in [0.29, 0.717) is 17.7 Å². The van der Waals surface area contributed by atoms with Crippen molar-refractivity contribution in [1.82, 2.24) is 10.6 Å². The molecular weight excluding hydrogens is 246 g/mol. The van der Waals surface area contributed by atoms with Crippen LogP contribution in [0.2, 0.25) is 0 Å². The van der Waals surface area contributed by atoms with Gasteiger partial charge in [-0.05, 0) is 31.2 Å². The molecule has 0 aromatic heterocycles. The van der Waals surface area contributed by atoms with Crippen LogP contribution >= 0.6 is 0 Å². The molecule has 0 saturated carbocycles. The topological polar surface area (TPSA) is 93.4 Å². The number of nitrogens with one attached hydrogen (secondary N) is 2. The van der Waals surface area contributed by atoms with Crippen LogP contribution in [0.5, 0.6) is 0 Å². The number of benzene rings is 1. The number of hydrogen-bond acceptors (Lipinski definition) is 5. The number of fused-ring (bicyclic) bond motifs is 1. The van der Waals surface area contributed by atoms with Gasteiger partial charge in [0.1, 0.15) is 6.23 Å². The predicted octanol–water partition coefficient (Wildman–Crippen LogP) is 0.0719. The van der Waals surface area contributed by atoms with Crippen molar-refractivity contribution in [3.8, 4) is 0 Å². The maximum absolute atomic E-state index is 11.7. The van der Waals surface area contributed by atoms with Crippen molar-refractivity contribution in [1.29, 1.82) is 0 Å². The van der Waals surface area contributed by atoms with Crippen LogP contribution in [-0.2, 0) is 4.74 Å². The summed E-state index contributed by atoms with van der Waals surface area (Å²) in [6.07, 6.45) is -0.177. The molecule has 102 valence electrons. The number of nitrogens with two attached hydrogens (primary N) is 1. The van der Waals surface area contributed by atoms with Crippen LogP contribution in [0.25, 0.3) is 0 Å². The maximum atomic E-state index is 11.7. The van der Waals surface area contributed by atoms with E-state index in [0.717, 1.165) is 17.7 Å². The van der Waals surface area contributed by atoms with Gasteiger partial charge in [-0.25, -0.2) is 0 Å². The summed E-state index contributed by atoms with van der Waals surface area (Å²) in [4.78, 5) is 23.2. The molecule has 1 saturated heterocycles. The van der Waals surface area contributed by atoms with Gasteiger partial charge in [0.05, 0.1) is 17.7 Å². The summed E-state index contributed by atoms with van der Waals surface area (Å²) in [7, 11) is 1.50. The Morgan fingerprint density at radius 1 is 1.26 bits per heavy atom. The average Bonchev–Trinajstić information content (AvgIpc) is 3.02. The third-order valence-electron chi connectivity index (χ3n) is 3.20. The molecule has 3 rings (SSSR count). The first-order valence-electron chi connectivity index (χ1n) is 6.10. The zero-order valence-electron chi connectivity index (χ0n) is 10.9. The van der Waals surface area contributed by atoms with E-state index in [-0.39, 0.29) is 18.0 Å². The normalized spacial score (nSPS) is 20.7. The van der Waals surface area contributed by atoms with Gasteiger partial charge < -0.3 is 10.5 Å². The molecule has 2 heterocycles. The Bertz CT molecular complexity index is 522. The number of hydrogen-bond donors (Lipinski definition) is 3. The van der Waals surface area contributed by atoms with E-state index >= 15 is 0 Å². The van der Waals surface area contributed by atoms with Crippen LogP contribution in [0.15, 0.2) is 12.1 Å². The first kappa shape index (κ1) is 13.7. The van der Waals surface area contributed by atoms with Gasteiger partial charge in [-0.2, -0.15) is 0 Å². The van der Waals surface area contributed by atoms with E-state index in [1.165, 1.54) is 7.05 Å². The molecule has 2 amide bonds. The molecule has 1 fully saturated rings. The summed E-state index contributed by atoms with van der Waals surface area (Å²) >= 11 is 0. The van der Waals surface area contributed by atoms with Crippen LogP contribution in [0, 0.1) is 6.92 Å². The Kier molecular flexibility index (Phi) is 3.94. The zero-order valence-corrected chi connectivity index (χ0v) is 10.9. The van der Waals surface area contributed by atoms with Gasteiger partial charge in [-0.15, -0.1) is 0 Å². The van der Waals surface area contributed by atoms with Crippen LogP contribution < -0.4 is 16.4 Å². The molecular formula is C13H17N3O3. The number of amides is 2. The van der Waals surface area contributed by atoms with Gasteiger partial charge in [0.15, 0.2) is 0 Å². The minimum absolute atomic E-state index is 0.177. The minimum Gasteiger partial charge on any atom is -0.358 e. The SMILES string of the molecule is CN.Cc1c(C2NCCO2)ccc2c1C(=O)NC2=O. The first-order chi connectivity index (χ1) is 9.18. The second kappa shape index (κ2) is 5.48. The Morgan fingerprint density at radius 2 is 2.00 bits per heavy atom. The van der Waals surface area contributed by atoms with Gasteiger partial charge in [-0.1, -0.05) is 6.07 Å². The molecule has 2 aliphatic rings. The Hall–Kier alpha value is -1.76. The monoisotopic (exact) mass is 263 g/mol. The molecule has 0 bridgehead atoms. The summed E-state index contributed by atoms with van der Waals surface area (Å²) in [6.45, 7) is 3.30. The van der Waals surface area contributed by atoms with Crippen molar-refractivity contribution in [3.05, 3.63) is 34.4 Å². The number of carbonyl (C=O) groups is 2. The highest BCUT2D eigenvalue weighted by Crippen LogP contribution is 2.28. The van der Waals surface area contributed by atoms with Crippen LogP contribution in [-0.4, -0.2) is 32.0 Å². The van der Waals surface area contributed by atoms with E-state index in [2.05, 4.69) is 16.4 Å². The fourth-order valence-corrected chi connectivity index (χ4v) is 2.35. The molecule has 19 heavy (non-hydrogen) atoms. The van der Waals surface area contributed by atoms with E-state index in [1.807, 2.05) is 13.0 Å². The molecule has 0 radical (unpaired) electrons. The average molecular weight is 263 g/mol. The molecule has 0 spiro atoms. The highest BCUT2D eigenvalue weighted by Gasteiger charge is 2.31. The second-order valence-electron chi connectivity index (χ2n) is 4.19. The lowest BCUT2D eigenvalue weighted by Gasteiger charge is -2.14. The van der Waals surface area contributed by atoms with Crippen molar-refractivity contribution >= 4 is 11.8 Å². The van der Waals surface area contributed by atoms with Gasteiger partial charge >= 0.3 is 0 Å². The molecule has 1 unspecified atom stereocenters. The first-order valence-corrected chi connectivity index (χ1v) is 6.10. The molecule has 6 heteroatoms. The summed E-state index contributed by atoms with van der Waals surface area (Å²) < 4.78 is 5.51. The van der Waals surface area contributed by atoms with Crippen molar-refractivity contribution < 1.29 is 14.3 Å². The smallest absolute Gasteiger partial charge is 0.259 e. The van der Waals surface area contributed by atoms with Gasteiger partial charge in [0.2, 0.25) is 0 Å². The fourth-order valence-electron chi connectivity index (χ4n) is 2.35. The Labute approximate surface area is 111 Å². The minimum atomic E-state index is -0.319. The lowest BCUT2D eigenvalue weighted by atomic mass is 9.97. The number of imide groups is 1. The predicted molar refractivity (Wildman–Crippen MR) is 69.8 cm³/mol. The van der Waals surface area contributed by atoms with Crippen molar-refractivity contribution in [2.24, 2.45) is 5.73 Å². The third kappa shape index (κ3) is 2.25.